The van der Waals surface area contributed by atoms with Gasteiger partial charge < -0.3 is 0 Å². The van der Waals surface area contributed by atoms with Gasteiger partial charge in [0.25, 0.3) is 0 Å². The summed E-state index contributed by atoms with van der Waals surface area (Å²) in [7, 11) is 0. The van der Waals surface area contributed by atoms with Crippen LogP contribution >= 0.6 is 11.8 Å². The lowest BCUT2D eigenvalue weighted by molar-refractivity contribution is 0.358. The summed E-state index contributed by atoms with van der Waals surface area (Å²) in [6.07, 6.45) is 2.88. The average molecular weight is 162 g/mol. The molecule has 0 aromatic heterocycles. The van der Waals surface area contributed by atoms with Crippen molar-refractivity contribution in [3.05, 3.63) is 0 Å². The Kier molecular flexibility index (Phi) is 3.53. The summed E-state index contributed by atoms with van der Waals surface area (Å²) in [6.45, 7) is 1.91. The zero-order valence-corrected chi connectivity index (χ0v) is 7.29. The van der Waals surface area contributed by atoms with Gasteiger partial charge in [0.2, 0.25) is 0 Å². The largest absolute Gasteiger partial charge is 0.247 e. The number of alkyl halides is 1. The molecule has 0 heterocycles. The highest BCUT2D eigenvalue weighted by molar-refractivity contribution is 7.99. The van der Waals surface area contributed by atoms with Crippen LogP contribution in [0.2, 0.25) is 0 Å². The highest BCUT2D eigenvalue weighted by Gasteiger charge is 2.21. The molecule has 0 aromatic rings. The van der Waals surface area contributed by atoms with Crippen molar-refractivity contribution < 1.29 is 4.39 Å². The molecular formula is C8H15FS. The number of halogens is 1. The van der Waals surface area contributed by atoms with Crippen molar-refractivity contribution in [1.82, 2.24) is 0 Å². The quantitative estimate of drug-likeness (QED) is 0.599. The second-order valence-electron chi connectivity index (χ2n) is 2.99. The number of rotatable bonds is 5. The van der Waals surface area contributed by atoms with Crippen molar-refractivity contribution in [3.63, 3.8) is 0 Å². The van der Waals surface area contributed by atoms with Crippen LogP contribution in [-0.4, -0.2) is 17.7 Å². The highest BCUT2D eigenvalue weighted by Crippen LogP contribution is 2.32. The first kappa shape index (κ1) is 8.38. The summed E-state index contributed by atoms with van der Waals surface area (Å²) >= 11 is 1.78. The Balaban J connectivity index is 1.83. The Labute approximate surface area is 66.6 Å². The molecule has 0 saturated heterocycles. The molecule has 2 heteroatoms. The van der Waals surface area contributed by atoms with E-state index in [4.69, 9.17) is 0 Å². The molecule has 1 unspecified atom stereocenters. The maximum atomic E-state index is 12.6. The SMILES string of the molecule is CCC(F)CSCC1CC1. The smallest absolute Gasteiger partial charge is 0.109 e. The topological polar surface area (TPSA) is 0 Å². The van der Waals surface area contributed by atoms with Crippen molar-refractivity contribution in [1.29, 1.82) is 0 Å². The lowest BCUT2D eigenvalue weighted by atomic mass is 10.3. The number of thioether (sulfide) groups is 1. The van der Waals surface area contributed by atoms with Crippen LogP contribution < -0.4 is 0 Å². The molecule has 0 aliphatic heterocycles. The molecule has 1 aliphatic carbocycles. The first-order valence-electron chi connectivity index (χ1n) is 4.04. The molecule has 0 bridgehead atoms. The fraction of sp³-hybridized carbons (Fsp3) is 1.00. The van der Waals surface area contributed by atoms with Gasteiger partial charge in [0.1, 0.15) is 6.17 Å². The maximum absolute atomic E-state index is 12.6. The molecule has 0 spiro atoms. The average Bonchev–Trinajstić information content (AvgIpc) is 2.71. The maximum Gasteiger partial charge on any atom is 0.109 e. The molecule has 1 saturated carbocycles. The van der Waals surface area contributed by atoms with E-state index in [1.165, 1.54) is 18.6 Å². The summed E-state index contributed by atoms with van der Waals surface area (Å²) < 4.78 is 12.6. The van der Waals surface area contributed by atoms with Gasteiger partial charge in [0.15, 0.2) is 0 Å². The third-order valence-electron chi connectivity index (χ3n) is 1.79. The fourth-order valence-corrected chi connectivity index (χ4v) is 2.06. The molecule has 1 rings (SSSR count). The Morgan fingerprint density at radius 3 is 2.80 bits per heavy atom. The fourth-order valence-electron chi connectivity index (χ4n) is 0.765. The zero-order chi connectivity index (χ0) is 7.40. The Bertz CT molecular complexity index is 91.3. The summed E-state index contributed by atoms with van der Waals surface area (Å²) in [4.78, 5) is 0. The van der Waals surface area contributed by atoms with E-state index in [1.54, 1.807) is 11.8 Å². The third-order valence-corrected chi connectivity index (χ3v) is 3.10. The van der Waals surface area contributed by atoms with Gasteiger partial charge in [-0.3, -0.25) is 0 Å². The molecule has 10 heavy (non-hydrogen) atoms. The van der Waals surface area contributed by atoms with E-state index < -0.39 is 6.17 Å². The molecule has 60 valence electrons. The first-order valence-corrected chi connectivity index (χ1v) is 5.20. The monoisotopic (exact) mass is 162 g/mol. The van der Waals surface area contributed by atoms with Gasteiger partial charge in [-0.15, -0.1) is 0 Å². The molecule has 0 N–H and O–H groups in total. The van der Waals surface area contributed by atoms with Crippen LogP contribution in [0.25, 0.3) is 0 Å². The van der Waals surface area contributed by atoms with Gasteiger partial charge in [0.05, 0.1) is 0 Å². The van der Waals surface area contributed by atoms with E-state index in [2.05, 4.69) is 0 Å². The van der Waals surface area contributed by atoms with Crippen LogP contribution in [0.1, 0.15) is 26.2 Å². The van der Waals surface area contributed by atoms with Crippen molar-refractivity contribution in [2.75, 3.05) is 11.5 Å². The van der Waals surface area contributed by atoms with Gasteiger partial charge in [-0.2, -0.15) is 11.8 Å². The minimum Gasteiger partial charge on any atom is -0.247 e. The van der Waals surface area contributed by atoms with Crippen LogP contribution in [0.5, 0.6) is 0 Å². The van der Waals surface area contributed by atoms with E-state index >= 15 is 0 Å². The Morgan fingerprint density at radius 2 is 2.30 bits per heavy atom. The lowest BCUT2D eigenvalue weighted by Gasteiger charge is -2.02. The molecular weight excluding hydrogens is 147 g/mol. The normalized spacial score (nSPS) is 21.0. The Hall–Kier alpha value is 0.280. The minimum absolute atomic E-state index is 0.566. The first-order chi connectivity index (χ1) is 4.83. The van der Waals surface area contributed by atoms with Crippen LogP contribution in [0.15, 0.2) is 0 Å². The number of hydrogen-bond donors (Lipinski definition) is 0. The van der Waals surface area contributed by atoms with Crippen molar-refractivity contribution in [2.45, 2.75) is 32.4 Å². The van der Waals surface area contributed by atoms with E-state index in [1.807, 2.05) is 6.92 Å². The van der Waals surface area contributed by atoms with Crippen LogP contribution in [-0.2, 0) is 0 Å². The van der Waals surface area contributed by atoms with Crippen molar-refractivity contribution in [3.8, 4) is 0 Å². The van der Waals surface area contributed by atoms with Gasteiger partial charge in [-0.25, -0.2) is 4.39 Å². The van der Waals surface area contributed by atoms with E-state index in [0.29, 0.717) is 12.2 Å². The molecule has 0 nitrogen and oxygen atoms in total. The van der Waals surface area contributed by atoms with Gasteiger partial charge in [-0.05, 0) is 30.9 Å². The predicted octanol–water partition coefficient (Wildman–Crippen LogP) is 2.88. The predicted molar refractivity (Wildman–Crippen MR) is 45.2 cm³/mol. The summed E-state index contributed by atoms with van der Waals surface area (Å²) in [5.41, 5.74) is 0. The zero-order valence-electron chi connectivity index (χ0n) is 6.48. The minimum atomic E-state index is -0.566. The van der Waals surface area contributed by atoms with Crippen LogP contribution in [0, 0.1) is 5.92 Å². The van der Waals surface area contributed by atoms with Crippen molar-refractivity contribution >= 4 is 11.8 Å². The lowest BCUT2D eigenvalue weighted by Crippen LogP contribution is -2.01. The van der Waals surface area contributed by atoms with E-state index in [0.717, 1.165) is 5.92 Å². The summed E-state index contributed by atoms with van der Waals surface area (Å²) in [5, 5.41) is 0. The van der Waals surface area contributed by atoms with Gasteiger partial charge >= 0.3 is 0 Å². The van der Waals surface area contributed by atoms with Gasteiger partial charge in [-0.1, -0.05) is 6.92 Å². The second-order valence-corrected chi connectivity index (χ2v) is 4.06. The van der Waals surface area contributed by atoms with E-state index in [-0.39, 0.29) is 0 Å². The summed E-state index contributed by atoms with van der Waals surface area (Å²) in [6, 6.07) is 0. The molecule has 1 fully saturated rings. The molecule has 0 radical (unpaired) electrons. The summed E-state index contributed by atoms with van der Waals surface area (Å²) in [5.74, 6) is 2.85. The third kappa shape index (κ3) is 3.45. The molecule has 0 aromatic carbocycles. The van der Waals surface area contributed by atoms with Crippen LogP contribution in [0.3, 0.4) is 0 Å². The molecule has 0 amide bonds. The molecule has 1 atom stereocenters. The standard InChI is InChI=1S/C8H15FS/c1-2-8(9)6-10-5-7-3-4-7/h7-8H,2-6H2,1H3. The van der Waals surface area contributed by atoms with Crippen molar-refractivity contribution in [2.24, 2.45) is 5.92 Å². The second kappa shape index (κ2) is 4.22. The molecule has 1 aliphatic rings. The van der Waals surface area contributed by atoms with Gasteiger partial charge in [0, 0.05) is 5.75 Å². The number of hydrogen-bond acceptors (Lipinski definition) is 1. The Morgan fingerprint density at radius 1 is 1.60 bits per heavy atom. The highest BCUT2D eigenvalue weighted by atomic mass is 32.2. The van der Waals surface area contributed by atoms with Crippen LogP contribution in [0.4, 0.5) is 4.39 Å². The van der Waals surface area contributed by atoms with E-state index in [9.17, 15) is 4.39 Å².